The summed E-state index contributed by atoms with van der Waals surface area (Å²) >= 11 is 0. The number of aryl methyl sites for hydroxylation is 1. The molecule has 0 atom stereocenters. The Kier molecular flexibility index (Phi) is 4.94. The largest absolute Gasteiger partial charge is 0.497 e. The van der Waals surface area contributed by atoms with Gasteiger partial charge in [-0.05, 0) is 37.2 Å². The zero-order chi connectivity index (χ0) is 15.2. The molecule has 0 saturated heterocycles. The number of benzene rings is 1. The first-order chi connectivity index (χ1) is 10.2. The summed E-state index contributed by atoms with van der Waals surface area (Å²) in [6, 6.07) is 7.53. The minimum Gasteiger partial charge on any atom is -0.497 e. The molecule has 1 aromatic heterocycles. The molecule has 0 saturated carbocycles. The Morgan fingerprint density at radius 3 is 2.67 bits per heavy atom. The van der Waals surface area contributed by atoms with Crippen LogP contribution in [0.5, 0.6) is 5.75 Å². The monoisotopic (exact) mass is 288 g/mol. The van der Waals surface area contributed by atoms with Crippen molar-refractivity contribution in [2.75, 3.05) is 25.1 Å². The van der Waals surface area contributed by atoms with Gasteiger partial charge in [0.2, 0.25) is 0 Å². The average molecular weight is 288 g/mol. The molecule has 1 aromatic carbocycles. The number of rotatable bonds is 6. The number of hydrogen-bond acceptors (Lipinski definition) is 5. The summed E-state index contributed by atoms with van der Waals surface area (Å²) < 4.78 is 6.67. The molecule has 0 spiro atoms. The van der Waals surface area contributed by atoms with Gasteiger partial charge in [0.25, 0.3) is 5.56 Å². The lowest BCUT2D eigenvalue weighted by atomic mass is 10.2. The maximum absolute atomic E-state index is 12.3. The van der Waals surface area contributed by atoms with E-state index in [1.165, 1.54) is 4.57 Å². The van der Waals surface area contributed by atoms with E-state index in [0.29, 0.717) is 18.9 Å². The molecule has 0 amide bonds. The molecule has 2 rings (SSSR count). The predicted molar refractivity (Wildman–Crippen MR) is 83.1 cm³/mol. The van der Waals surface area contributed by atoms with E-state index in [1.807, 2.05) is 29.2 Å². The van der Waals surface area contributed by atoms with Crippen LogP contribution in [-0.4, -0.2) is 29.8 Å². The van der Waals surface area contributed by atoms with E-state index in [1.54, 1.807) is 26.6 Å². The Balaban J connectivity index is 2.41. The van der Waals surface area contributed by atoms with Crippen LogP contribution in [0, 0.1) is 0 Å². The van der Waals surface area contributed by atoms with Crippen molar-refractivity contribution in [1.29, 1.82) is 0 Å². The Hall–Kier alpha value is -2.34. The highest BCUT2D eigenvalue weighted by Crippen LogP contribution is 2.23. The SMILES string of the molecule is COc1ccc(N(CCCN)c2nccn(C)c2=O)cc1. The smallest absolute Gasteiger partial charge is 0.293 e. The van der Waals surface area contributed by atoms with Gasteiger partial charge in [0.1, 0.15) is 5.75 Å². The molecule has 0 radical (unpaired) electrons. The van der Waals surface area contributed by atoms with Gasteiger partial charge in [0.15, 0.2) is 5.82 Å². The van der Waals surface area contributed by atoms with Crippen molar-refractivity contribution < 1.29 is 4.74 Å². The molecule has 0 aliphatic rings. The van der Waals surface area contributed by atoms with Crippen LogP contribution in [0.2, 0.25) is 0 Å². The lowest BCUT2D eigenvalue weighted by Crippen LogP contribution is -2.30. The summed E-state index contributed by atoms with van der Waals surface area (Å²) in [5.74, 6) is 1.17. The second kappa shape index (κ2) is 6.90. The van der Waals surface area contributed by atoms with Gasteiger partial charge in [-0.2, -0.15) is 0 Å². The molecule has 6 nitrogen and oxygen atoms in total. The molecule has 112 valence electrons. The highest BCUT2D eigenvalue weighted by molar-refractivity contribution is 5.60. The lowest BCUT2D eigenvalue weighted by molar-refractivity contribution is 0.415. The first-order valence-corrected chi connectivity index (χ1v) is 6.80. The van der Waals surface area contributed by atoms with E-state index in [-0.39, 0.29) is 5.56 Å². The zero-order valence-corrected chi connectivity index (χ0v) is 12.3. The second-order valence-electron chi connectivity index (χ2n) is 4.66. The molecule has 0 aliphatic heterocycles. The number of anilines is 2. The van der Waals surface area contributed by atoms with Crippen molar-refractivity contribution in [3.05, 3.63) is 47.0 Å². The van der Waals surface area contributed by atoms with Gasteiger partial charge in [0, 0.05) is 31.7 Å². The number of ether oxygens (including phenoxy) is 1. The topological polar surface area (TPSA) is 73.4 Å². The summed E-state index contributed by atoms with van der Waals surface area (Å²) in [6.07, 6.45) is 4.03. The van der Waals surface area contributed by atoms with Crippen LogP contribution >= 0.6 is 0 Å². The van der Waals surface area contributed by atoms with Crippen molar-refractivity contribution in [2.45, 2.75) is 6.42 Å². The predicted octanol–water partition coefficient (Wildman–Crippen LogP) is 1.28. The first kappa shape index (κ1) is 15.1. The van der Waals surface area contributed by atoms with Gasteiger partial charge in [-0.1, -0.05) is 0 Å². The number of nitrogens with two attached hydrogens (primary N) is 1. The standard InChI is InChI=1S/C15H20N4O2/c1-18-11-9-17-14(15(18)20)19(10-3-8-16)12-4-6-13(21-2)7-5-12/h4-7,9,11H,3,8,10,16H2,1-2H3. The third-order valence-electron chi connectivity index (χ3n) is 3.22. The van der Waals surface area contributed by atoms with Crippen LogP contribution in [0.1, 0.15) is 6.42 Å². The minimum absolute atomic E-state index is 0.134. The van der Waals surface area contributed by atoms with Crippen molar-refractivity contribution in [3.63, 3.8) is 0 Å². The van der Waals surface area contributed by atoms with Crippen LogP contribution < -0.4 is 20.9 Å². The summed E-state index contributed by atoms with van der Waals surface area (Å²) in [6.45, 7) is 1.19. The van der Waals surface area contributed by atoms with Gasteiger partial charge in [-0.3, -0.25) is 4.79 Å². The van der Waals surface area contributed by atoms with Crippen molar-refractivity contribution in [1.82, 2.24) is 9.55 Å². The van der Waals surface area contributed by atoms with E-state index < -0.39 is 0 Å². The molecule has 2 N–H and O–H groups in total. The fraction of sp³-hybridized carbons (Fsp3) is 0.333. The number of methoxy groups -OCH3 is 1. The third-order valence-corrected chi connectivity index (χ3v) is 3.22. The van der Waals surface area contributed by atoms with E-state index in [4.69, 9.17) is 10.5 Å². The molecule has 6 heteroatoms. The summed E-state index contributed by atoms with van der Waals surface area (Å²) in [4.78, 5) is 18.4. The Morgan fingerprint density at radius 2 is 2.05 bits per heavy atom. The molecule has 0 fully saturated rings. The first-order valence-electron chi connectivity index (χ1n) is 6.80. The van der Waals surface area contributed by atoms with E-state index >= 15 is 0 Å². The van der Waals surface area contributed by atoms with Crippen LogP contribution in [0.25, 0.3) is 0 Å². The molecule has 2 aromatic rings. The quantitative estimate of drug-likeness (QED) is 0.866. The summed E-state index contributed by atoms with van der Waals surface area (Å²) in [5, 5.41) is 0. The van der Waals surface area contributed by atoms with Gasteiger partial charge >= 0.3 is 0 Å². The molecular weight excluding hydrogens is 268 g/mol. The molecule has 1 heterocycles. The Labute approximate surface area is 123 Å². The molecule has 0 bridgehead atoms. The normalized spacial score (nSPS) is 10.4. The molecule has 21 heavy (non-hydrogen) atoms. The van der Waals surface area contributed by atoms with Crippen LogP contribution in [0.4, 0.5) is 11.5 Å². The Bertz CT molecular complexity index is 637. The van der Waals surface area contributed by atoms with Crippen molar-refractivity contribution >= 4 is 11.5 Å². The maximum Gasteiger partial charge on any atom is 0.293 e. The fourth-order valence-corrected chi connectivity index (χ4v) is 2.04. The average Bonchev–Trinajstić information content (AvgIpc) is 2.52. The number of nitrogens with zero attached hydrogens (tertiary/aromatic N) is 3. The maximum atomic E-state index is 12.3. The number of aromatic nitrogens is 2. The van der Waals surface area contributed by atoms with Crippen LogP contribution in [0.15, 0.2) is 41.5 Å². The Morgan fingerprint density at radius 1 is 1.33 bits per heavy atom. The van der Waals surface area contributed by atoms with Crippen LogP contribution in [0.3, 0.4) is 0 Å². The zero-order valence-electron chi connectivity index (χ0n) is 12.3. The fourth-order valence-electron chi connectivity index (χ4n) is 2.04. The summed E-state index contributed by atoms with van der Waals surface area (Å²) in [5.41, 5.74) is 6.35. The van der Waals surface area contributed by atoms with E-state index in [2.05, 4.69) is 4.98 Å². The van der Waals surface area contributed by atoms with Gasteiger partial charge in [-0.15, -0.1) is 0 Å². The molecule has 0 aliphatic carbocycles. The highest BCUT2D eigenvalue weighted by Gasteiger charge is 2.14. The van der Waals surface area contributed by atoms with Crippen molar-refractivity contribution in [2.24, 2.45) is 12.8 Å². The van der Waals surface area contributed by atoms with Gasteiger partial charge in [-0.25, -0.2) is 4.98 Å². The van der Waals surface area contributed by atoms with Crippen molar-refractivity contribution in [3.8, 4) is 5.75 Å². The minimum atomic E-state index is -0.134. The molecule has 0 unspecified atom stereocenters. The van der Waals surface area contributed by atoms with Gasteiger partial charge < -0.3 is 19.9 Å². The van der Waals surface area contributed by atoms with Crippen LogP contribution in [-0.2, 0) is 7.05 Å². The lowest BCUT2D eigenvalue weighted by Gasteiger charge is -2.23. The highest BCUT2D eigenvalue weighted by atomic mass is 16.5. The van der Waals surface area contributed by atoms with E-state index in [9.17, 15) is 4.79 Å². The molecular formula is C15H20N4O2. The summed E-state index contributed by atoms with van der Waals surface area (Å²) in [7, 11) is 3.33. The number of hydrogen-bond donors (Lipinski definition) is 1. The second-order valence-corrected chi connectivity index (χ2v) is 4.66. The van der Waals surface area contributed by atoms with E-state index in [0.717, 1.165) is 17.9 Å². The van der Waals surface area contributed by atoms with Gasteiger partial charge in [0.05, 0.1) is 7.11 Å². The third kappa shape index (κ3) is 3.41.